The number of halogens is 3. The minimum absolute atomic E-state index is 0.0405. The number of alkyl halides is 3. The van der Waals surface area contributed by atoms with Crippen molar-refractivity contribution in [1.82, 2.24) is 15.1 Å². The molecule has 1 aromatic rings. The van der Waals surface area contributed by atoms with Gasteiger partial charge in [-0.25, -0.2) is 4.79 Å². The summed E-state index contributed by atoms with van der Waals surface area (Å²) in [6, 6.07) is 4.73. The minimum atomic E-state index is -4.40. The molecule has 0 bridgehead atoms. The molecule has 2 saturated heterocycles. The molecule has 1 aromatic carbocycles. The Bertz CT molecular complexity index is 875. The normalized spacial score (nSPS) is 21.2. The summed E-state index contributed by atoms with van der Waals surface area (Å²) >= 11 is 0. The topological polar surface area (TPSA) is 73.0 Å². The average Bonchev–Trinajstić information content (AvgIpc) is 3.31. The first-order valence-electron chi connectivity index (χ1n) is 10.5. The van der Waals surface area contributed by atoms with Gasteiger partial charge in [0.25, 0.3) is 5.91 Å². The Kier molecular flexibility index (Phi) is 5.57. The van der Waals surface area contributed by atoms with Crippen molar-refractivity contribution in [3.05, 3.63) is 29.8 Å². The van der Waals surface area contributed by atoms with Crippen molar-refractivity contribution in [2.24, 2.45) is 0 Å². The molecule has 0 aromatic heterocycles. The van der Waals surface area contributed by atoms with Gasteiger partial charge in [0.15, 0.2) is 0 Å². The van der Waals surface area contributed by atoms with Crippen LogP contribution in [0.15, 0.2) is 24.3 Å². The molecule has 1 aliphatic carbocycles. The maximum atomic E-state index is 12.9. The van der Waals surface area contributed by atoms with Crippen LogP contribution in [-0.4, -0.2) is 65.9 Å². The first-order valence-corrected chi connectivity index (χ1v) is 10.5. The molecule has 168 valence electrons. The van der Waals surface area contributed by atoms with Crippen molar-refractivity contribution < 1.29 is 27.6 Å². The summed E-state index contributed by atoms with van der Waals surface area (Å²) in [4.78, 5) is 42.1. The van der Waals surface area contributed by atoms with E-state index in [1.165, 1.54) is 6.07 Å². The van der Waals surface area contributed by atoms with Gasteiger partial charge < -0.3 is 15.1 Å². The number of piperazine rings is 1. The Balaban J connectivity index is 1.29. The Morgan fingerprint density at radius 2 is 1.74 bits per heavy atom. The van der Waals surface area contributed by atoms with Crippen molar-refractivity contribution >= 4 is 23.5 Å². The van der Waals surface area contributed by atoms with Crippen LogP contribution < -0.4 is 10.2 Å². The van der Waals surface area contributed by atoms with Gasteiger partial charge in [-0.1, -0.05) is 18.9 Å². The van der Waals surface area contributed by atoms with Gasteiger partial charge in [0.05, 0.1) is 5.56 Å². The lowest BCUT2D eigenvalue weighted by molar-refractivity contribution is -0.137. The lowest BCUT2D eigenvalue weighted by Gasteiger charge is -2.36. The highest BCUT2D eigenvalue weighted by Gasteiger charge is 2.52. The number of hydrogen-bond acceptors (Lipinski definition) is 4. The van der Waals surface area contributed by atoms with Gasteiger partial charge in [-0.3, -0.25) is 14.5 Å². The van der Waals surface area contributed by atoms with E-state index in [-0.39, 0.29) is 24.8 Å². The molecule has 1 N–H and O–H groups in total. The third-order valence-electron chi connectivity index (χ3n) is 6.42. The maximum absolute atomic E-state index is 12.9. The molecule has 3 aliphatic rings. The van der Waals surface area contributed by atoms with Crippen LogP contribution in [0.1, 0.15) is 37.7 Å². The largest absolute Gasteiger partial charge is 0.416 e. The fourth-order valence-electron chi connectivity index (χ4n) is 4.66. The first kappa shape index (κ1) is 21.5. The fraction of sp³-hybridized carbons (Fsp3) is 0.571. The van der Waals surface area contributed by atoms with Crippen LogP contribution in [0.25, 0.3) is 0 Å². The van der Waals surface area contributed by atoms with E-state index < -0.39 is 23.3 Å². The van der Waals surface area contributed by atoms with Gasteiger partial charge in [0, 0.05) is 44.8 Å². The summed E-state index contributed by atoms with van der Waals surface area (Å²) in [7, 11) is 0. The van der Waals surface area contributed by atoms with E-state index in [1.54, 1.807) is 11.0 Å². The third-order valence-corrected chi connectivity index (χ3v) is 6.42. The molecule has 0 atom stereocenters. The molecule has 4 rings (SSSR count). The lowest BCUT2D eigenvalue weighted by Crippen LogP contribution is -2.49. The predicted octanol–water partition coefficient (Wildman–Crippen LogP) is 2.61. The lowest BCUT2D eigenvalue weighted by atomic mass is 9.98. The van der Waals surface area contributed by atoms with E-state index in [9.17, 15) is 27.6 Å². The molecule has 4 amide bonds. The molecule has 3 fully saturated rings. The summed E-state index contributed by atoms with van der Waals surface area (Å²) < 4.78 is 38.8. The number of nitrogens with zero attached hydrogens (tertiary/aromatic N) is 3. The molecule has 2 aliphatic heterocycles. The zero-order chi connectivity index (χ0) is 22.2. The van der Waals surface area contributed by atoms with Gasteiger partial charge in [-0.05, 0) is 31.0 Å². The first-order chi connectivity index (χ1) is 14.7. The zero-order valence-electron chi connectivity index (χ0n) is 17.1. The van der Waals surface area contributed by atoms with Crippen LogP contribution in [0.4, 0.5) is 23.7 Å². The number of anilines is 1. The average molecular weight is 438 g/mol. The minimum Gasteiger partial charge on any atom is -0.368 e. The zero-order valence-corrected chi connectivity index (χ0v) is 17.1. The number of carbonyl (C=O) groups excluding carboxylic acids is 3. The highest BCUT2D eigenvalue weighted by molar-refractivity contribution is 6.07. The smallest absolute Gasteiger partial charge is 0.368 e. The molecular formula is C21H25F3N4O3. The quantitative estimate of drug-likeness (QED) is 0.734. The van der Waals surface area contributed by atoms with Gasteiger partial charge >= 0.3 is 12.2 Å². The molecular weight excluding hydrogens is 413 g/mol. The molecule has 7 nitrogen and oxygen atoms in total. The van der Waals surface area contributed by atoms with Crippen molar-refractivity contribution in [2.45, 2.75) is 43.8 Å². The van der Waals surface area contributed by atoms with Crippen molar-refractivity contribution in [3.63, 3.8) is 0 Å². The Hall–Kier alpha value is -2.78. The monoisotopic (exact) mass is 438 g/mol. The van der Waals surface area contributed by atoms with E-state index in [2.05, 4.69) is 5.32 Å². The Morgan fingerprint density at radius 1 is 1.06 bits per heavy atom. The van der Waals surface area contributed by atoms with Crippen molar-refractivity contribution in [1.29, 1.82) is 0 Å². The van der Waals surface area contributed by atoms with E-state index in [1.807, 2.05) is 4.90 Å². The maximum Gasteiger partial charge on any atom is 0.416 e. The number of hydrogen-bond donors (Lipinski definition) is 1. The van der Waals surface area contributed by atoms with Crippen LogP contribution >= 0.6 is 0 Å². The molecule has 2 heterocycles. The highest BCUT2D eigenvalue weighted by atomic mass is 19.4. The summed E-state index contributed by atoms with van der Waals surface area (Å²) in [5.41, 5.74) is -1.00. The number of amides is 4. The van der Waals surface area contributed by atoms with Gasteiger partial charge in [-0.2, -0.15) is 13.2 Å². The summed E-state index contributed by atoms with van der Waals surface area (Å²) in [6.45, 7) is 1.62. The van der Waals surface area contributed by atoms with Crippen LogP contribution in [0.3, 0.4) is 0 Å². The van der Waals surface area contributed by atoms with Crippen LogP contribution in [-0.2, 0) is 15.8 Å². The summed E-state index contributed by atoms with van der Waals surface area (Å²) in [6.07, 6.45) is -1.29. The van der Waals surface area contributed by atoms with Gasteiger partial charge in [0.1, 0.15) is 5.54 Å². The second-order valence-corrected chi connectivity index (χ2v) is 8.34. The molecule has 0 radical (unpaired) electrons. The van der Waals surface area contributed by atoms with E-state index in [0.29, 0.717) is 44.7 Å². The molecule has 31 heavy (non-hydrogen) atoms. The van der Waals surface area contributed by atoms with Crippen LogP contribution in [0.2, 0.25) is 0 Å². The number of urea groups is 1. The van der Waals surface area contributed by atoms with Gasteiger partial charge in [0.2, 0.25) is 5.91 Å². The fourth-order valence-corrected chi connectivity index (χ4v) is 4.66. The second kappa shape index (κ2) is 8.05. The number of nitrogens with one attached hydrogen (secondary N) is 1. The van der Waals surface area contributed by atoms with Crippen molar-refractivity contribution in [2.75, 3.05) is 37.6 Å². The van der Waals surface area contributed by atoms with E-state index in [4.69, 9.17) is 0 Å². The third kappa shape index (κ3) is 4.20. The number of rotatable bonds is 4. The molecule has 1 saturated carbocycles. The number of carbonyl (C=O) groups is 3. The number of imide groups is 1. The second-order valence-electron chi connectivity index (χ2n) is 8.34. The molecule has 1 spiro atoms. The summed E-state index contributed by atoms with van der Waals surface area (Å²) in [5, 5.41) is 2.80. The molecule has 0 unspecified atom stereocenters. The van der Waals surface area contributed by atoms with E-state index in [0.717, 1.165) is 29.9 Å². The Labute approximate surface area is 178 Å². The molecule has 10 heteroatoms. The van der Waals surface area contributed by atoms with Crippen LogP contribution in [0.5, 0.6) is 0 Å². The van der Waals surface area contributed by atoms with Gasteiger partial charge in [-0.15, -0.1) is 0 Å². The van der Waals surface area contributed by atoms with E-state index >= 15 is 0 Å². The van der Waals surface area contributed by atoms with Crippen LogP contribution in [0, 0.1) is 0 Å². The number of benzene rings is 1. The summed E-state index contributed by atoms with van der Waals surface area (Å²) in [5.74, 6) is -0.408. The Morgan fingerprint density at radius 3 is 2.39 bits per heavy atom. The predicted molar refractivity (Wildman–Crippen MR) is 106 cm³/mol. The standard InChI is InChI=1S/C21H25F3N4O3/c22-21(23,24)15-4-3-5-16(14-15)26-10-12-27(13-11-26)17(29)6-9-28-18(30)20(25-19(28)31)7-1-2-8-20/h3-5,14H,1-2,6-13H2,(H,25,31). The highest BCUT2D eigenvalue weighted by Crippen LogP contribution is 2.35. The SMILES string of the molecule is O=C(CCN1C(=O)NC2(CCCC2)C1=O)N1CCN(c2cccc(C(F)(F)F)c2)CC1. The van der Waals surface area contributed by atoms with Crippen molar-refractivity contribution in [3.8, 4) is 0 Å².